The molecule has 0 spiro atoms. The highest BCUT2D eigenvalue weighted by Crippen LogP contribution is 2.26. The van der Waals surface area contributed by atoms with Gasteiger partial charge in [0, 0.05) is 11.6 Å². The second kappa shape index (κ2) is 8.72. The van der Waals surface area contributed by atoms with Gasteiger partial charge in [-0.05, 0) is 42.8 Å². The van der Waals surface area contributed by atoms with Gasteiger partial charge in [0.1, 0.15) is 11.5 Å². The van der Waals surface area contributed by atoms with Crippen LogP contribution in [-0.2, 0) is 0 Å². The summed E-state index contributed by atoms with van der Waals surface area (Å²) in [4.78, 5) is 0. The minimum absolute atomic E-state index is 0.142. The van der Waals surface area contributed by atoms with E-state index in [1.165, 1.54) is 0 Å². The maximum Gasteiger partial charge on any atom is 0.128 e. The predicted octanol–water partition coefficient (Wildman–Crippen LogP) is 5.35. The highest BCUT2D eigenvalue weighted by atomic mass is 16.5. The molecule has 3 aromatic rings. The van der Waals surface area contributed by atoms with Crippen molar-refractivity contribution in [3.8, 4) is 11.5 Å². The number of nitrogens with zero attached hydrogens (tertiary/aromatic N) is 2. The van der Waals surface area contributed by atoms with Crippen molar-refractivity contribution in [3.05, 3.63) is 84.4 Å². The normalized spacial score (nSPS) is 10.8. The molecule has 26 heavy (non-hydrogen) atoms. The van der Waals surface area contributed by atoms with Crippen molar-refractivity contribution in [1.29, 1.82) is 0 Å². The fourth-order valence-electron chi connectivity index (χ4n) is 2.48. The summed E-state index contributed by atoms with van der Waals surface area (Å²) in [6, 6.07) is 25.0. The van der Waals surface area contributed by atoms with Crippen LogP contribution in [0.15, 0.2) is 84.0 Å². The van der Waals surface area contributed by atoms with Crippen molar-refractivity contribution in [3.63, 3.8) is 0 Å². The molecule has 132 valence electrons. The lowest BCUT2D eigenvalue weighted by Gasteiger charge is -2.19. The number of para-hydroxylation sites is 2. The smallest absolute Gasteiger partial charge is 0.128 e. The first-order valence-electron chi connectivity index (χ1n) is 8.68. The average Bonchev–Trinajstić information content (AvgIpc) is 2.69. The van der Waals surface area contributed by atoms with E-state index >= 15 is 0 Å². The standard InChI is InChI=1S/C22H22N2O2/c1-2-15-26-21-14-13-18(22(25)16-21)17-23-24(19-9-5-3-6-10-19)20-11-7-4-8-12-20/h3-14,16-17,25H,2,15H2,1H3. The molecule has 0 aromatic heterocycles. The van der Waals surface area contributed by atoms with Gasteiger partial charge >= 0.3 is 0 Å². The van der Waals surface area contributed by atoms with Crippen LogP contribution in [0.5, 0.6) is 11.5 Å². The Morgan fingerprint density at radius 1 is 0.923 bits per heavy atom. The van der Waals surface area contributed by atoms with E-state index in [1.807, 2.05) is 78.7 Å². The Bertz CT molecular complexity index is 809. The SMILES string of the molecule is CCCOc1ccc(C=NN(c2ccccc2)c2ccccc2)c(O)c1. The molecule has 0 aliphatic carbocycles. The second-order valence-corrected chi connectivity index (χ2v) is 5.80. The number of rotatable bonds is 7. The number of anilines is 2. The zero-order valence-electron chi connectivity index (χ0n) is 14.7. The lowest BCUT2D eigenvalue weighted by Crippen LogP contribution is -2.09. The Balaban J connectivity index is 1.87. The van der Waals surface area contributed by atoms with E-state index in [4.69, 9.17) is 4.74 Å². The minimum atomic E-state index is 0.142. The number of aromatic hydroxyl groups is 1. The Morgan fingerprint density at radius 3 is 2.08 bits per heavy atom. The van der Waals surface area contributed by atoms with Crippen LogP contribution in [0.25, 0.3) is 0 Å². The summed E-state index contributed by atoms with van der Waals surface area (Å²) in [7, 11) is 0. The van der Waals surface area contributed by atoms with Crippen molar-refractivity contribution in [1.82, 2.24) is 0 Å². The number of hydrazone groups is 1. The molecular weight excluding hydrogens is 324 g/mol. The maximum atomic E-state index is 10.3. The predicted molar refractivity (Wildman–Crippen MR) is 107 cm³/mol. The third-order valence-corrected chi connectivity index (χ3v) is 3.79. The van der Waals surface area contributed by atoms with Gasteiger partial charge in [0.05, 0.1) is 24.2 Å². The summed E-state index contributed by atoms with van der Waals surface area (Å²) in [5.74, 6) is 0.799. The molecular formula is C22H22N2O2. The highest BCUT2D eigenvalue weighted by Gasteiger charge is 2.08. The quantitative estimate of drug-likeness (QED) is 0.463. The maximum absolute atomic E-state index is 10.3. The monoisotopic (exact) mass is 346 g/mol. The van der Waals surface area contributed by atoms with Crippen molar-refractivity contribution in [2.75, 3.05) is 11.6 Å². The summed E-state index contributed by atoms with van der Waals surface area (Å²) >= 11 is 0. The van der Waals surface area contributed by atoms with Crippen LogP contribution in [0.2, 0.25) is 0 Å². The van der Waals surface area contributed by atoms with Crippen LogP contribution in [0.1, 0.15) is 18.9 Å². The van der Waals surface area contributed by atoms with Gasteiger partial charge in [0.2, 0.25) is 0 Å². The molecule has 0 unspecified atom stereocenters. The lowest BCUT2D eigenvalue weighted by molar-refractivity contribution is 0.315. The molecule has 0 aliphatic rings. The van der Waals surface area contributed by atoms with Crippen LogP contribution < -0.4 is 9.75 Å². The lowest BCUT2D eigenvalue weighted by atomic mass is 10.2. The van der Waals surface area contributed by atoms with E-state index in [0.29, 0.717) is 17.9 Å². The van der Waals surface area contributed by atoms with Crippen molar-refractivity contribution >= 4 is 17.6 Å². The van der Waals surface area contributed by atoms with Crippen LogP contribution in [0.3, 0.4) is 0 Å². The zero-order valence-corrected chi connectivity index (χ0v) is 14.7. The van der Waals surface area contributed by atoms with Crippen LogP contribution >= 0.6 is 0 Å². The second-order valence-electron chi connectivity index (χ2n) is 5.80. The van der Waals surface area contributed by atoms with Crippen molar-refractivity contribution < 1.29 is 9.84 Å². The number of phenols is 1. The summed E-state index contributed by atoms with van der Waals surface area (Å²) in [5.41, 5.74) is 2.51. The summed E-state index contributed by atoms with van der Waals surface area (Å²) < 4.78 is 5.54. The van der Waals surface area contributed by atoms with Crippen LogP contribution in [-0.4, -0.2) is 17.9 Å². The van der Waals surface area contributed by atoms with Crippen molar-refractivity contribution in [2.45, 2.75) is 13.3 Å². The molecule has 0 atom stereocenters. The van der Waals surface area contributed by atoms with Gasteiger partial charge in [0.25, 0.3) is 0 Å². The van der Waals surface area contributed by atoms with Gasteiger partial charge in [0.15, 0.2) is 0 Å². The van der Waals surface area contributed by atoms with Gasteiger partial charge in [-0.25, -0.2) is 5.01 Å². The number of hydrogen-bond acceptors (Lipinski definition) is 4. The van der Waals surface area contributed by atoms with Crippen LogP contribution in [0.4, 0.5) is 11.4 Å². The zero-order chi connectivity index (χ0) is 18.2. The summed E-state index contributed by atoms with van der Waals surface area (Å²) in [5, 5.41) is 16.7. The molecule has 0 aliphatic heterocycles. The molecule has 0 bridgehead atoms. The largest absolute Gasteiger partial charge is 0.507 e. The topological polar surface area (TPSA) is 45.1 Å². The molecule has 0 saturated carbocycles. The van der Waals surface area contributed by atoms with Gasteiger partial charge in [-0.1, -0.05) is 43.3 Å². The van der Waals surface area contributed by atoms with E-state index in [2.05, 4.69) is 5.10 Å². The molecule has 0 fully saturated rings. The van der Waals surface area contributed by atoms with Gasteiger partial charge in [-0.3, -0.25) is 0 Å². The number of benzene rings is 3. The molecule has 0 saturated heterocycles. The Morgan fingerprint density at radius 2 is 1.54 bits per heavy atom. The third-order valence-electron chi connectivity index (χ3n) is 3.79. The molecule has 0 radical (unpaired) electrons. The molecule has 3 aromatic carbocycles. The molecule has 0 amide bonds. The average molecular weight is 346 g/mol. The first-order valence-corrected chi connectivity index (χ1v) is 8.68. The van der Waals surface area contributed by atoms with E-state index in [9.17, 15) is 5.11 Å². The molecule has 0 heterocycles. The summed E-state index contributed by atoms with van der Waals surface area (Å²) in [6.07, 6.45) is 2.58. The summed E-state index contributed by atoms with van der Waals surface area (Å²) in [6.45, 7) is 2.67. The highest BCUT2D eigenvalue weighted by molar-refractivity contribution is 5.85. The number of phenolic OH excluding ortho intramolecular Hbond substituents is 1. The third kappa shape index (κ3) is 4.42. The first-order chi connectivity index (χ1) is 12.8. The van der Waals surface area contributed by atoms with Crippen molar-refractivity contribution in [2.24, 2.45) is 5.10 Å². The van der Waals surface area contributed by atoms with E-state index in [0.717, 1.165) is 17.8 Å². The first kappa shape index (κ1) is 17.5. The van der Waals surface area contributed by atoms with Crippen LogP contribution in [0, 0.1) is 0 Å². The number of ether oxygens (including phenoxy) is 1. The fraction of sp³-hybridized carbons (Fsp3) is 0.136. The molecule has 4 nitrogen and oxygen atoms in total. The minimum Gasteiger partial charge on any atom is -0.507 e. The fourth-order valence-corrected chi connectivity index (χ4v) is 2.48. The Labute approximate surface area is 154 Å². The van der Waals surface area contributed by atoms with Gasteiger partial charge in [-0.15, -0.1) is 0 Å². The van der Waals surface area contributed by atoms with E-state index in [-0.39, 0.29) is 5.75 Å². The molecule has 1 N–H and O–H groups in total. The molecule has 3 rings (SSSR count). The van der Waals surface area contributed by atoms with Gasteiger partial charge in [-0.2, -0.15) is 5.10 Å². The Hall–Kier alpha value is -3.27. The Kier molecular flexibility index (Phi) is 5.88. The number of hydrogen-bond donors (Lipinski definition) is 1. The van der Waals surface area contributed by atoms with E-state index < -0.39 is 0 Å². The molecule has 4 heteroatoms. The van der Waals surface area contributed by atoms with Gasteiger partial charge < -0.3 is 9.84 Å². The van der Waals surface area contributed by atoms with E-state index in [1.54, 1.807) is 18.3 Å².